The Labute approximate surface area is 195 Å². The van der Waals surface area contributed by atoms with Crippen molar-refractivity contribution in [1.82, 2.24) is 9.88 Å². The number of aromatic nitrogens is 1. The number of rotatable bonds is 6. The van der Waals surface area contributed by atoms with Gasteiger partial charge >= 0.3 is 0 Å². The van der Waals surface area contributed by atoms with Crippen LogP contribution in [0, 0.1) is 17.4 Å². The summed E-state index contributed by atoms with van der Waals surface area (Å²) in [6.45, 7) is 9.31. The van der Waals surface area contributed by atoms with Gasteiger partial charge in [0.1, 0.15) is 0 Å². The van der Waals surface area contributed by atoms with Crippen molar-refractivity contribution in [2.24, 2.45) is 0 Å². The van der Waals surface area contributed by atoms with Gasteiger partial charge in [-0.15, -0.1) is 0 Å². The maximum atomic E-state index is 13.5. The number of ether oxygens (including phenoxy) is 1. The van der Waals surface area contributed by atoms with E-state index in [9.17, 15) is 4.79 Å². The van der Waals surface area contributed by atoms with E-state index in [0.29, 0.717) is 6.54 Å². The van der Waals surface area contributed by atoms with Crippen molar-refractivity contribution in [3.63, 3.8) is 0 Å². The Hall–Kier alpha value is -1.55. The molecule has 1 aromatic heterocycles. The summed E-state index contributed by atoms with van der Waals surface area (Å²) in [5.41, 5.74) is 4.10. The van der Waals surface area contributed by atoms with Crippen molar-refractivity contribution in [2.45, 2.75) is 20.3 Å². The Morgan fingerprint density at radius 3 is 2.77 bits per heavy atom. The van der Waals surface area contributed by atoms with Gasteiger partial charge in [0.2, 0.25) is 0 Å². The van der Waals surface area contributed by atoms with E-state index in [4.69, 9.17) is 9.72 Å². The molecule has 1 amide bonds. The lowest BCUT2D eigenvalue weighted by Crippen LogP contribution is -2.39. The first-order chi connectivity index (χ1) is 14.5. The first-order valence-electron chi connectivity index (χ1n) is 10.3. The number of hydrogen-bond acceptors (Lipinski definition) is 5. The largest absolute Gasteiger partial charge is 0.379 e. The number of benzene rings is 2. The quantitative estimate of drug-likeness (QED) is 0.422. The van der Waals surface area contributed by atoms with Crippen molar-refractivity contribution in [2.75, 3.05) is 44.3 Å². The summed E-state index contributed by atoms with van der Waals surface area (Å²) < 4.78 is 7.54. The second-order valence-corrected chi connectivity index (χ2v) is 9.84. The van der Waals surface area contributed by atoms with Crippen LogP contribution < -0.4 is 4.90 Å². The standard InChI is InChI=1S/C23H26IN3O2S/c1-16-14-17(2)21-20(15-16)30-23(25-21)27(9-5-8-26-10-12-29-13-11-26)22(28)18-6-3-4-7-19(18)24/h3-4,6-7,14-15H,5,8-13H2,1-2H3. The Kier molecular flexibility index (Phi) is 7.02. The third-order valence-corrected chi connectivity index (χ3v) is 7.32. The molecule has 0 atom stereocenters. The highest BCUT2D eigenvalue weighted by Gasteiger charge is 2.23. The van der Waals surface area contributed by atoms with Crippen LogP contribution in [0.2, 0.25) is 0 Å². The molecule has 1 fully saturated rings. The number of morpholine rings is 1. The van der Waals surface area contributed by atoms with E-state index in [1.165, 1.54) is 5.56 Å². The molecule has 3 aromatic rings. The maximum Gasteiger partial charge on any atom is 0.261 e. The Morgan fingerprint density at radius 2 is 2.00 bits per heavy atom. The monoisotopic (exact) mass is 535 g/mol. The minimum atomic E-state index is 0.0235. The van der Waals surface area contributed by atoms with E-state index in [2.05, 4.69) is 53.5 Å². The minimum Gasteiger partial charge on any atom is -0.379 e. The molecule has 4 rings (SSSR count). The highest BCUT2D eigenvalue weighted by atomic mass is 127. The topological polar surface area (TPSA) is 45.7 Å². The van der Waals surface area contributed by atoms with Crippen molar-refractivity contribution < 1.29 is 9.53 Å². The van der Waals surface area contributed by atoms with Crippen LogP contribution in [-0.2, 0) is 4.74 Å². The molecular weight excluding hydrogens is 509 g/mol. The summed E-state index contributed by atoms with van der Waals surface area (Å²) in [6.07, 6.45) is 0.906. The van der Waals surface area contributed by atoms with Crippen LogP contribution in [0.5, 0.6) is 0 Å². The number of nitrogens with zero attached hydrogens (tertiary/aromatic N) is 3. The second kappa shape index (κ2) is 9.72. The average Bonchev–Trinajstić information content (AvgIpc) is 3.16. The Bertz CT molecular complexity index is 1050. The van der Waals surface area contributed by atoms with E-state index >= 15 is 0 Å². The molecule has 1 saturated heterocycles. The molecule has 0 aliphatic carbocycles. The van der Waals surface area contributed by atoms with Crippen LogP contribution in [0.4, 0.5) is 5.13 Å². The summed E-state index contributed by atoms with van der Waals surface area (Å²) in [4.78, 5) is 22.7. The molecule has 0 saturated carbocycles. The average molecular weight is 535 g/mol. The predicted molar refractivity (Wildman–Crippen MR) is 132 cm³/mol. The van der Waals surface area contributed by atoms with Crippen molar-refractivity contribution >= 4 is 55.2 Å². The number of fused-ring (bicyclic) bond motifs is 1. The van der Waals surface area contributed by atoms with Gasteiger partial charge in [-0.05, 0) is 72.2 Å². The predicted octanol–water partition coefficient (Wildman–Crippen LogP) is 4.89. The van der Waals surface area contributed by atoms with Crippen molar-refractivity contribution in [3.8, 4) is 0 Å². The molecule has 0 unspecified atom stereocenters. The number of halogens is 1. The summed E-state index contributed by atoms with van der Waals surface area (Å²) in [7, 11) is 0. The van der Waals surface area contributed by atoms with E-state index < -0.39 is 0 Å². The maximum absolute atomic E-state index is 13.5. The molecule has 5 nitrogen and oxygen atoms in total. The number of carbonyl (C=O) groups excluding carboxylic acids is 1. The van der Waals surface area contributed by atoms with Crippen LogP contribution >= 0.6 is 33.9 Å². The number of hydrogen-bond donors (Lipinski definition) is 0. The number of amides is 1. The molecule has 1 aliphatic heterocycles. The van der Waals surface area contributed by atoms with Gasteiger partial charge in [-0.3, -0.25) is 14.6 Å². The fraction of sp³-hybridized carbons (Fsp3) is 0.391. The minimum absolute atomic E-state index is 0.0235. The summed E-state index contributed by atoms with van der Waals surface area (Å²) in [5, 5.41) is 0.783. The summed E-state index contributed by atoms with van der Waals surface area (Å²) >= 11 is 3.85. The third kappa shape index (κ3) is 4.85. The highest BCUT2D eigenvalue weighted by Crippen LogP contribution is 2.33. The second-order valence-electron chi connectivity index (χ2n) is 7.67. The van der Waals surface area contributed by atoms with Crippen LogP contribution in [0.3, 0.4) is 0 Å². The zero-order chi connectivity index (χ0) is 21.1. The van der Waals surface area contributed by atoms with Gasteiger partial charge in [0.15, 0.2) is 5.13 Å². The van der Waals surface area contributed by atoms with Gasteiger partial charge in [-0.1, -0.05) is 29.5 Å². The molecule has 2 aromatic carbocycles. The summed E-state index contributed by atoms with van der Waals surface area (Å²) in [6, 6.07) is 12.1. The van der Waals surface area contributed by atoms with Gasteiger partial charge < -0.3 is 4.74 Å². The van der Waals surface area contributed by atoms with E-state index in [0.717, 1.165) is 69.3 Å². The summed E-state index contributed by atoms with van der Waals surface area (Å²) in [5.74, 6) is 0.0235. The lowest BCUT2D eigenvalue weighted by Gasteiger charge is -2.27. The third-order valence-electron chi connectivity index (χ3n) is 5.36. The van der Waals surface area contributed by atoms with Crippen molar-refractivity contribution in [1.29, 1.82) is 0 Å². The zero-order valence-corrected chi connectivity index (χ0v) is 20.3. The smallest absolute Gasteiger partial charge is 0.261 e. The van der Waals surface area contributed by atoms with E-state index in [1.54, 1.807) is 11.3 Å². The first kappa shape index (κ1) is 21.7. The molecule has 30 heavy (non-hydrogen) atoms. The molecule has 0 bridgehead atoms. The van der Waals surface area contributed by atoms with Crippen LogP contribution in [-0.4, -0.2) is 55.2 Å². The zero-order valence-electron chi connectivity index (χ0n) is 17.4. The molecule has 0 radical (unpaired) electrons. The van der Waals surface area contributed by atoms with E-state index in [1.807, 2.05) is 29.2 Å². The van der Waals surface area contributed by atoms with Crippen LogP contribution in [0.15, 0.2) is 36.4 Å². The fourth-order valence-electron chi connectivity index (χ4n) is 3.82. The first-order valence-corrected chi connectivity index (χ1v) is 12.2. The normalized spacial score (nSPS) is 14.9. The molecule has 2 heterocycles. The van der Waals surface area contributed by atoms with Gasteiger partial charge in [0.25, 0.3) is 5.91 Å². The number of anilines is 1. The molecular formula is C23H26IN3O2S. The number of aryl methyl sites for hydroxylation is 2. The molecule has 158 valence electrons. The molecule has 7 heteroatoms. The van der Waals surface area contributed by atoms with Gasteiger partial charge in [-0.2, -0.15) is 0 Å². The Morgan fingerprint density at radius 1 is 1.23 bits per heavy atom. The van der Waals surface area contributed by atoms with Gasteiger partial charge in [0, 0.05) is 29.7 Å². The Balaban J connectivity index is 1.62. The van der Waals surface area contributed by atoms with Crippen molar-refractivity contribution in [3.05, 3.63) is 56.7 Å². The highest BCUT2D eigenvalue weighted by molar-refractivity contribution is 14.1. The molecule has 0 spiro atoms. The van der Waals surface area contributed by atoms with Crippen LogP contribution in [0.25, 0.3) is 10.2 Å². The number of thiazole rings is 1. The van der Waals surface area contributed by atoms with Gasteiger partial charge in [-0.25, -0.2) is 4.98 Å². The molecule has 1 aliphatic rings. The SMILES string of the molecule is Cc1cc(C)c2nc(N(CCCN3CCOCC3)C(=O)c3ccccc3I)sc2c1. The van der Waals surface area contributed by atoms with Crippen LogP contribution in [0.1, 0.15) is 27.9 Å². The fourth-order valence-corrected chi connectivity index (χ4v) is 5.60. The number of carbonyl (C=O) groups is 1. The van der Waals surface area contributed by atoms with E-state index in [-0.39, 0.29) is 5.91 Å². The van der Waals surface area contributed by atoms with Gasteiger partial charge in [0.05, 0.1) is 29.0 Å². The molecule has 0 N–H and O–H groups in total. The lowest BCUT2D eigenvalue weighted by molar-refractivity contribution is 0.0376. The lowest BCUT2D eigenvalue weighted by atomic mass is 10.1.